The predicted octanol–water partition coefficient (Wildman–Crippen LogP) is 6.29. The van der Waals surface area contributed by atoms with Gasteiger partial charge in [0.25, 0.3) is 0 Å². The van der Waals surface area contributed by atoms with Gasteiger partial charge in [-0.15, -0.1) is 0 Å². The van der Waals surface area contributed by atoms with Gasteiger partial charge in [0, 0.05) is 50.2 Å². The monoisotopic (exact) mass is 534 g/mol. The Morgan fingerprint density at radius 2 is 1.76 bits per heavy atom. The first-order chi connectivity index (χ1) is 18.5. The molecule has 6 nitrogen and oxygen atoms in total. The summed E-state index contributed by atoms with van der Waals surface area (Å²) in [6.07, 6.45) is 2.48. The number of benzene rings is 3. The van der Waals surface area contributed by atoms with Crippen molar-refractivity contribution in [1.29, 1.82) is 0 Å². The number of rotatable bonds is 9. The number of piperazine rings is 1. The molecule has 0 atom stereocenters. The highest BCUT2D eigenvalue weighted by atomic mass is 35.5. The maximum absolute atomic E-state index is 15.4. The molecule has 5 rings (SSSR count). The van der Waals surface area contributed by atoms with Crippen LogP contribution in [0.25, 0.3) is 11.0 Å². The average Bonchev–Trinajstić information content (AvgIpc) is 3.27. The summed E-state index contributed by atoms with van der Waals surface area (Å²) in [5.41, 5.74) is 3.01. The Hall–Kier alpha value is -3.58. The highest BCUT2D eigenvalue weighted by Gasteiger charge is 2.24. The van der Waals surface area contributed by atoms with Crippen molar-refractivity contribution < 1.29 is 13.9 Å². The third kappa shape index (κ3) is 5.94. The van der Waals surface area contributed by atoms with Gasteiger partial charge < -0.3 is 19.1 Å². The van der Waals surface area contributed by atoms with Gasteiger partial charge in [-0.2, -0.15) is 0 Å². The first-order valence-corrected chi connectivity index (χ1v) is 13.5. The molecule has 198 valence electrons. The second kappa shape index (κ2) is 11.9. The fourth-order valence-electron chi connectivity index (χ4n) is 4.83. The van der Waals surface area contributed by atoms with Gasteiger partial charge in [0.05, 0.1) is 16.7 Å². The van der Waals surface area contributed by atoms with Gasteiger partial charge >= 0.3 is 0 Å². The van der Waals surface area contributed by atoms with Crippen molar-refractivity contribution in [2.45, 2.75) is 39.3 Å². The molecule has 0 bridgehead atoms. The molecule has 1 saturated heterocycles. The molecule has 0 saturated carbocycles. The van der Waals surface area contributed by atoms with Crippen LogP contribution in [0.15, 0.2) is 66.7 Å². The Labute approximate surface area is 227 Å². The molecular weight excluding hydrogens is 503 g/mol. The van der Waals surface area contributed by atoms with E-state index in [9.17, 15) is 4.79 Å². The summed E-state index contributed by atoms with van der Waals surface area (Å²) in [7, 11) is 0. The molecule has 3 aromatic carbocycles. The Kier molecular flexibility index (Phi) is 8.13. The van der Waals surface area contributed by atoms with Crippen molar-refractivity contribution in [3.8, 4) is 5.75 Å². The van der Waals surface area contributed by atoms with E-state index in [0.717, 1.165) is 29.7 Å². The quantitative estimate of drug-likeness (QED) is 0.253. The number of unbranched alkanes of at least 4 members (excludes halogenated alkanes) is 1. The minimum Gasteiger partial charge on any atom is -0.486 e. The second-order valence-electron chi connectivity index (χ2n) is 9.61. The molecule has 1 aliphatic rings. The summed E-state index contributed by atoms with van der Waals surface area (Å²) in [6.45, 7) is 5.26. The van der Waals surface area contributed by atoms with E-state index >= 15 is 4.39 Å². The smallest absolute Gasteiger partial charge is 0.222 e. The van der Waals surface area contributed by atoms with Crippen molar-refractivity contribution in [2.75, 3.05) is 31.1 Å². The lowest BCUT2D eigenvalue weighted by atomic mass is 10.2. The van der Waals surface area contributed by atoms with Gasteiger partial charge in [-0.1, -0.05) is 55.3 Å². The molecule has 0 radical (unpaired) electrons. The zero-order valence-corrected chi connectivity index (χ0v) is 22.3. The number of nitrogens with zero attached hydrogens (tertiary/aromatic N) is 4. The summed E-state index contributed by atoms with van der Waals surface area (Å²) in [5.74, 6) is 1.33. The standard InChI is InChI=1S/C30H32ClFN4O2/c1-2-3-9-30(37)35-16-14-34(15-17-35)27-19-28-26(18-25(27)32)33-29(21-38-24-7-5-4-6-8-24)36(28)20-22-10-12-23(31)13-11-22/h4-8,10-13,18-19H,2-3,9,14-17,20-21H2,1H3. The Bertz CT molecular complexity index is 1380. The molecule has 0 N–H and O–H groups in total. The van der Waals surface area contributed by atoms with Crippen LogP contribution < -0.4 is 9.64 Å². The SMILES string of the molecule is CCCCC(=O)N1CCN(c2cc3c(cc2F)nc(COc2ccccc2)n3Cc2ccc(Cl)cc2)CC1. The first kappa shape index (κ1) is 26.0. The van der Waals surface area contributed by atoms with E-state index in [0.29, 0.717) is 61.2 Å². The third-order valence-electron chi connectivity index (χ3n) is 6.98. The van der Waals surface area contributed by atoms with Crippen LogP contribution in [0.5, 0.6) is 5.75 Å². The van der Waals surface area contributed by atoms with Gasteiger partial charge in [-0.25, -0.2) is 9.37 Å². The van der Waals surface area contributed by atoms with E-state index in [1.165, 1.54) is 6.07 Å². The van der Waals surface area contributed by atoms with Crippen LogP contribution in [0, 0.1) is 5.82 Å². The van der Waals surface area contributed by atoms with Crippen molar-refractivity contribution in [3.63, 3.8) is 0 Å². The fraction of sp³-hybridized carbons (Fsp3) is 0.333. The number of aromatic nitrogens is 2. The minimum absolute atomic E-state index is 0.187. The van der Waals surface area contributed by atoms with Crippen LogP contribution in [0.2, 0.25) is 5.02 Å². The first-order valence-electron chi connectivity index (χ1n) is 13.2. The lowest BCUT2D eigenvalue weighted by Gasteiger charge is -2.36. The van der Waals surface area contributed by atoms with Gasteiger partial charge in [0.1, 0.15) is 24.0 Å². The van der Waals surface area contributed by atoms with Crippen LogP contribution in [0.4, 0.5) is 10.1 Å². The number of hydrogen-bond acceptors (Lipinski definition) is 4. The summed E-state index contributed by atoms with van der Waals surface area (Å²) >= 11 is 6.11. The molecule has 38 heavy (non-hydrogen) atoms. The molecule has 0 aliphatic carbocycles. The maximum atomic E-state index is 15.4. The van der Waals surface area contributed by atoms with Gasteiger partial charge in [0.2, 0.25) is 5.91 Å². The van der Waals surface area contributed by atoms with E-state index in [-0.39, 0.29) is 18.3 Å². The van der Waals surface area contributed by atoms with E-state index in [1.54, 1.807) is 0 Å². The van der Waals surface area contributed by atoms with Crippen molar-refractivity contribution >= 4 is 34.2 Å². The number of imidazole rings is 1. The number of para-hydroxylation sites is 1. The molecule has 0 unspecified atom stereocenters. The predicted molar refractivity (Wildman–Crippen MR) is 149 cm³/mol. The molecule has 1 aromatic heterocycles. The van der Waals surface area contributed by atoms with Gasteiger partial charge in [0.15, 0.2) is 0 Å². The molecule has 0 spiro atoms. The number of hydrogen-bond donors (Lipinski definition) is 0. The molecule has 1 aliphatic heterocycles. The summed E-state index contributed by atoms with van der Waals surface area (Å²) in [6, 6.07) is 20.7. The zero-order valence-electron chi connectivity index (χ0n) is 21.6. The third-order valence-corrected chi connectivity index (χ3v) is 7.23. The highest BCUT2D eigenvalue weighted by Crippen LogP contribution is 2.29. The summed E-state index contributed by atoms with van der Waals surface area (Å²) < 4.78 is 23.5. The molecule has 1 amide bonds. The number of anilines is 1. The number of ether oxygens (including phenoxy) is 1. The minimum atomic E-state index is -0.310. The van der Waals surface area contributed by atoms with Crippen LogP contribution in [-0.2, 0) is 17.9 Å². The Morgan fingerprint density at radius 3 is 2.47 bits per heavy atom. The number of halogens is 2. The molecule has 8 heteroatoms. The van der Waals surface area contributed by atoms with E-state index in [1.807, 2.05) is 70.5 Å². The molecule has 4 aromatic rings. The lowest BCUT2D eigenvalue weighted by molar-refractivity contribution is -0.131. The van der Waals surface area contributed by atoms with Crippen molar-refractivity contribution in [1.82, 2.24) is 14.5 Å². The normalized spacial score (nSPS) is 13.8. The zero-order chi connectivity index (χ0) is 26.5. The molecule has 1 fully saturated rings. The molecular formula is C30H32ClFN4O2. The fourth-order valence-corrected chi connectivity index (χ4v) is 4.96. The van der Waals surface area contributed by atoms with Crippen molar-refractivity contribution in [3.05, 3.63) is 89.0 Å². The Balaban J connectivity index is 1.43. The van der Waals surface area contributed by atoms with Crippen LogP contribution in [-0.4, -0.2) is 46.5 Å². The molecule has 2 heterocycles. The second-order valence-corrected chi connectivity index (χ2v) is 10.0. The van der Waals surface area contributed by atoms with Crippen molar-refractivity contribution in [2.24, 2.45) is 0 Å². The number of fused-ring (bicyclic) bond motifs is 1. The van der Waals surface area contributed by atoms with Crippen LogP contribution >= 0.6 is 11.6 Å². The van der Waals surface area contributed by atoms with Crippen LogP contribution in [0.3, 0.4) is 0 Å². The largest absolute Gasteiger partial charge is 0.486 e. The average molecular weight is 535 g/mol. The number of amides is 1. The Morgan fingerprint density at radius 1 is 1.03 bits per heavy atom. The number of carbonyl (C=O) groups excluding carboxylic acids is 1. The van der Waals surface area contributed by atoms with Gasteiger partial charge in [-0.05, 0) is 42.3 Å². The topological polar surface area (TPSA) is 50.6 Å². The lowest BCUT2D eigenvalue weighted by Crippen LogP contribution is -2.49. The highest BCUT2D eigenvalue weighted by molar-refractivity contribution is 6.30. The maximum Gasteiger partial charge on any atom is 0.222 e. The summed E-state index contributed by atoms with van der Waals surface area (Å²) in [5, 5.41) is 0.675. The number of carbonyl (C=O) groups is 1. The van der Waals surface area contributed by atoms with Gasteiger partial charge in [-0.3, -0.25) is 4.79 Å². The van der Waals surface area contributed by atoms with E-state index in [4.69, 9.17) is 21.3 Å². The van der Waals surface area contributed by atoms with Crippen LogP contribution in [0.1, 0.15) is 37.6 Å². The van der Waals surface area contributed by atoms with E-state index < -0.39 is 0 Å². The van der Waals surface area contributed by atoms with E-state index in [2.05, 4.69) is 11.5 Å². The summed E-state index contributed by atoms with van der Waals surface area (Å²) in [4.78, 5) is 21.1.